The average molecular weight is 345 g/mol. The highest BCUT2D eigenvalue weighted by molar-refractivity contribution is 5.98. The topological polar surface area (TPSA) is 76.4 Å². The van der Waals surface area contributed by atoms with Gasteiger partial charge in [-0.3, -0.25) is 4.79 Å². The second-order valence-corrected chi connectivity index (χ2v) is 6.74. The Morgan fingerprint density at radius 2 is 2.20 bits per heavy atom. The quantitative estimate of drug-likeness (QED) is 0.887. The molecule has 25 heavy (non-hydrogen) atoms. The fraction of sp³-hybridized carbons (Fsp3) is 0.444. The molecule has 6 nitrogen and oxygen atoms in total. The van der Waals surface area contributed by atoms with Gasteiger partial charge in [0, 0.05) is 37.1 Å². The molecule has 4 rings (SSSR count). The molecule has 1 aromatic carbocycles. The highest BCUT2D eigenvalue weighted by Gasteiger charge is 2.55. The van der Waals surface area contributed by atoms with Crippen molar-refractivity contribution >= 4 is 5.91 Å². The minimum Gasteiger partial charge on any atom is -0.392 e. The molecule has 2 fully saturated rings. The summed E-state index contributed by atoms with van der Waals surface area (Å²) >= 11 is 0. The number of amides is 1. The van der Waals surface area contributed by atoms with Crippen LogP contribution < -0.4 is 5.32 Å². The molecule has 2 heterocycles. The van der Waals surface area contributed by atoms with E-state index >= 15 is 0 Å². The number of benzene rings is 1. The van der Waals surface area contributed by atoms with E-state index < -0.39 is 11.9 Å². The summed E-state index contributed by atoms with van der Waals surface area (Å²) < 4.78 is 20.6. The fourth-order valence-corrected chi connectivity index (χ4v) is 3.94. The van der Waals surface area contributed by atoms with Crippen molar-refractivity contribution in [2.24, 2.45) is 5.41 Å². The Morgan fingerprint density at radius 1 is 1.40 bits per heavy atom. The lowest BCUT2D eigenvalue weighted by molar-refractivity contribution is -0.145. The maximum atomic E-state index is 13.7. The van der Waals surface area contributed by atoms with Crippen molar-refractivity contribution in [1.29, 1.82) is 0 Å². The second-order valence-electron chi connectivity index (χ2n) is 6.74. The van der Waals surface area contributed by atoms with Crippen molar-refractivity contribution < 1.29 is 19.0 Å². The van der Waals surface area contributed by atoms with E-state index in [2.05, 4.69) is 10.4 Å². The number of ether oxygens (including phenoxy) is 1. The number of carbonyl (C=O) groups excluding carboxylic acids is 1. The van der Waals surface area contributed by atoms with E-state index in [4.69, 9.17) is 4.74 Å². The highest BCUT2D eigenvalue weighted by Crippen LogP contribution is 2.49. The summed E-state index contributed by atoms with van der Waals surface area (Å²) in [5.41, 5.74) is 0.421. The zero-order valence-electron chi connectivity index (χ0n) is 13.7. The minimum atomic E-state index is -0.476. The molecule has 1 spiro atoms. The van der Waals surface area contributed by atoms with Gasteiger partial charge in [0.05, 0.1) is 17.4 Å². The standard InChI is InChI=1S/C18H20FN3O3/c19-12-2-3-14(22-7-1-6-20-22)13(10-12)17(24)21-15-11-16(23)18(15)4-8-25-9-5-18/h1-3,6-7,10,15-16,23H,4-5,8-9,11H2,(H,21,24)/t15-,16-/m1/s1. The summed E-state index contributed by atoms with van der Waals surface area (Å²) in [6.45, 7) is 1.17. The van der Waals surface area contributed by atoms with Crippen LogP contribution in [-0.4, -0.2) is 46.2 Å². The molecule has 1 saturated carbocycles. The van der Waals surface area contributed by atoms with E-state index in [1.807, 2.05) is 0 Å². The third-order valence-corrected chi connectivity index (χ3v) is 5.50. The van der Waals surface area contributed by atoms with Crippen LogP contribution >= 0.6 is 0 Å². The van der Waals surface area contributed by atoms with Crippen LogP contribution in [-0.2, 0) is 4.74 Å². The van der Waals surface area contributed by atoms with Crippen LogP contribution in [0.3, 0.4) is 0 Å². The highest BCUT2D eigenvalue weighted by atomic mass is 19.1. The number of nitrogens with zero attached hydrogens (tertiary/aromatic N) is 2. The van der Waals surface area contributed by atoms with Gasteiger partial charge in [0.25, 0.3) is 5.91 Å². The summed E-state index contributed by atoms with van der Waals surface area (Å²) in [7, 11) is 0. The number of rotatable bonds is 3. The predicted molar refractivity (Wildman–Crippen MR) is 87.9 cm³/mol. The van der Waals surface area contributed by atoms with Gasteiger partial charge in [-0.1, -0.05) is 0 Å². The van der Waals surface area contributed by atoms with Crippen molar-refractivity contribution in [3.63, 3.8) is 0 Å². The summed E-state index contributed by atoms with van der Waals surface area (Å²) in [4.78, 5) is 12.8. The van der Waals surface area contributed by atoms with E-state index in [0.29, 0.717) is 38.2 Å². The van der Waals surface area contributed by atoms with E-state index in [9.17, 15) is 14.3 Å². The molecule has 1 aliphatic heterocycles. The van der Waals surface area contributed by atoms with Gasteiger partial charge in [0.1, 0.15) is 5.82 Å². The Labute approximate surface area is 144 Å². The number of halogens is 1. The Bertz CT molecular complexity index is 772. The number of hydrogen-bond donors (Lipinski definition) is 2. The number of aliphatic hydroxyl groups excluding tert-OH is 1. The molecule has 0 unspecified atom stereocenters. The number of aliphatic hydroxyl groups is 1. The average Bonchev–Trinajstić information content (AvgIpc) is 3.16. The van der Waals surface area contributed by atoms with Gasteiger partial charge < -0.3 is 15.2 Å². The van der Waals surface area contributed by atoms with Crippen LogP contribution in [0.4, 0.5) is 4.39 Å². The van der Waals surface area contributed by atoms with Crippen molar-refractivity contribution in [3.8, 4) is 5.69 Å². The number of aromatic nitrogens is 2. The third-order valence-electron chi connectivity index (χ3n) is 5.50. The minimum absolute atomic E-state index is 0.132. The molecule has 0 radical (unpaired) electrons. The molecule has 1 amide bonds. The Balaban J connectivity index is 1.59. The van der Waals surface area contributed by atoms with Gasteiger partial charge in [0.2, 0.25) is 0 Å². The van der Waals surface area contributed by atoms with E-state index in [-0.39, 0.29) is 22.9 Å². The molecular weight excluding hydrogens is 325 g/mol. The second kappa shape index (κ2) is 6.24. The molecule has 2 atom stereocenters. The molecule has 2 aliphatic rings. The first kappa shape index (κ1) is 16.2. The maximum Gasteiger partial charge on any atom is 0.253 e. The third kappa shape index (κ3) is 2.73. The number of carbonyl (C=O) groups is 1. The summed E-state index contributed by atoms with van der Waals surface area (Å²) in [5, 5.41) is 17.4. The summed E-state index contributed by atoms with van der Waals surface area (Å²) in [6.07, 6.45) is 4.82. The van der Waals surface area contributed by atoms with E-state index in [1.54, 1.807) is 18.5 Å². The number of hydrogen-bond acceptors (Lipinski definition) is 4. The van der Waals surface area contributed by atoms with Gasteiger partial charge in [-0.2, -0.15) is 5.10 Å². The maximum absolute atomic E-state index is 13.7. The Morgan fingerprint density at radius 3 is 2.88 bits per heavy atom. The molecular formula is C18H20FN3O3. The van der Waals surface area contributed by atoms with E-state index in [1.165, 1.54) is 22.9 Å². The van der Waals surface area contributed by atoms with Crippen LogP contribution in [0, 0.1) is 11.2 Å². The van der Waals surface area contributed by atoms with Gasteiger partial charge in [-0.15, -0.1) is 0 Å². The molecule has 0 bridgehead atoms. The summed E-state index contributed by atoms with van der Waals surface area (Å²) in [5.74, 6) is -0.830. The van der Waals surface area contributed by atoms with E-state index in [0.717, 1.165) is 0 Å². The zero-order chi connectivity index (χ0) is 17.4. The first-order chi connectivity index (χ1) is 12.1. The Kier molecular flexibility index (Phi) is 4.05. The van der Waals surface area contributed by atoms with Crippen LogP contribution in [0.15, 0.2) is 36.7 Å². The molecule has 1 aliphatic carbocycles. The molecule has 7 heteroatoms. The van der Waals surface area contributed by atoms with Crippen molar-refractivity contribution in [3.05, 3.63) is 48.0 Å². The largest absolute Gasteiger partial charge is 0.392 e. The van der Waals surface area contributed by atoms with Crippen LogP contribution in [0.2, 0.25) is 0 Å². The van der Waals surface area contributed by atoms with Crippen molar-refractivity contribution in [1.82, 2.24) is 15.1 Å². The van der Waals surface area contributed by atoms with Crippen LogP contribution in [0.25, 0.3) is 5.69 Å². The summed E-state index contributed by atoms with van der Waals surface area (Å²) in [6, 6.07) is 5.67. The molecule has 1 aromatic heterocycles. The lowest BCUT2D eigenvalue weighted by Gasteiger charge is -2.55. The van der Waals surface area contributed by atoms with Crippen LogP contribution in [0.1, 0.15) is 29.6 Å². The van der Waals surface area contributed by atoms with Gasteiger partial charge in [-0.05, 0) is 43.5 Å². The SMILES string of the molecule is O=C(N[C@@H]1C[C@@H](O)C12CCOCC2)c1cc(F)ccc1-n1cccn1. The molecule has 132 valence electrons. The molecule has 2 aromatic rings. The normalized spacial score (nSPS) is 24.7. The molecule has 1 saturated heterocycles. The first-order valence-electron chi connectivity index (χ1n) is 8.46. The predicted octanol–water partition coefficient (Wildman–Crippen LogP) is 1.67. The lowest BCUT2D eigenvalue weighted by Crippen LogP contribution is -2.65. The first-order valence-corrected chi connectivity index (χ1v) is 8.46. The van der Waals surface area contributed by atoms with Crippen molar-refractivity contribution in [2.45, 2.75) is 31.4 Å². The smallest absolute Gasteiger partial charge is 0.253 e. The Hall–Kier alpha value is -2.25. The van der Waals surface area contributed by atoms with Crippen molar-refractivity contribution in [2.75, 3.05) is 13.2 Å². The zero-order valence-corrected chi connectivity index (χ0v) is 13.7. The van der Waals surface area contributed by atoms with Gasteiger partial charge >= 0.3 is 0 Å². The molecule has 2 N–H and O–H groups in total. The lowest BCUT2D eigenvalue weighted by atomic mass is 9.58. The monoisotopic (exact) mass is 345 g/mol. The van der Waals surface area contributed by atoms with Gasteiger partial charge in [0.15, 0.2) is 0 Å². The van der Waals surface area contributed by atoms with Gasteiger partial charge in [-0.25, -0.2) is 9.07 Å². The number of nitrogens with one attached hydrogen (secondary N) is 1. The van der Waals surface area contributed by atoms with Crippen LogP contribution in [0.5, 0.6) is 0 Å². The fourth-order valence-electron chi connectivity index (χ4n) is 3.94.